The molecule has 0 aliphatic carbocycles. The Hall–Kier alpha value is -1.96. The number of hydrogen-bond acceptors (Lipinski definition) is 4. The van der Waals surface area contributed by atoms with Crippen LogP contribution in [0.2, 0.25) is 5.15 Å². The van der Waals surface area contributed by atoms with Crippen LogP contribution in [0.4, 0.5) is 0 Å². The highest BCUT2D eigenvalue weighted by Gasteiger charge is 2.31. The van der Waals surface area contributed by atoms with E-state index in [-0.39, 0.29) is 24.1 Å². The van der Waals surface area contributed by atoms with Gasteiger partial charge in [0.05, 0.1) is 10.5 Å². The van der Waals surface area contributed by atoms with Crippen molar-refractivity contribution in [2.75, 3.05) is 26.2 Å². The van der Waals surface area contributed by atoms with Crippen LogP contribution in [-0.2, 0) is 10.0 Å². The normalized spacial score (nSPS) is 15.9. The van der Waals surface area contributed by atoms with E-state index >= 15 is 0 Å². The smallest absolute Gasteiger partial charge is 0.257 e. The molecule has 1 aliphatic heterocycles. The molecule has 8 heteroatoms. The van der Waals surface area contributed by atoms with Crippen molar-refractivity contribution in [3.63, 3.8) is 0 Å². The molecule has 2 heterocycles. The predicted molar refractivity (Wildman–Crippen MR) is 99.8 cm³/mol. The van der Waals surface area contributed by atoms with Gasteiger partial charge in [0.25, 0.3) is 5.91 Å². The van der Waals surface area contributed by atoms with Crippen LogP contribution in [0.1, 0.15) is 21.5 Å². The number of halogens is 1. The Morgan fingerprint density at radius 2 is 1.81 bits per heavy atom. The zero-order valence-electron chi connectivity index (χ0n) is 14.6. The highest BCUT2D eigenvalue weighted by atomic mass is 35.5. The maximum atomic E-state index is 12.9. The summed E-state index contributed by atoms with van der Waals surface area (Å²) in [6.45, 7) is 4.85. The highest BCUT2D eigenvalue weighted by Crippen LogP contribution is 2.23. The molecule has 1 aromatic carbocycles. The molecule has 0 N–H and O–H groups in total. The van der Waals surface area contributed by atoms with Gasteiger partial charge in [-0.3, -0.25) is 4.79 Å². The molecule has 0 unspecified atom stereocenters. The van der Waals surface area contributed by atoms with Gasteiger partial charge in [-0.15, -0.1) is 0 Å². The van der Waals surface area contributed by atoms with E-state index in [1.54, 1.807) is 36.1 Å². The van der Waals surface area contributed by atoms with Crippen LogP contribution in [0.3, 0.4) is 0 Å². The van der Waals surface area contributed by atoms with Crippen LogP contribution in [0, 0.1) is 13.8 Å². The molecular weight excluding hydrogens is 374 g/mol. The molecule has 1 aromatic heterocycles. The number of sulfonamides is 1. The van der Waals surface area contributed by atoms with Crippen LogP contribution in [0.25, 0.3) is 0 Å². The molecule has 3 rings (SSSR count). The van der Waals surface area contributed by atoms with Gasteiger partial charge in [0, 0.05) is 32.4 Å². The van der Waals surface area contributed by atoms with Crippen LogP contribution in [0.5, 0.6) is 0 Å². The second-order valence-electron chi connectivity index (χ2n) is 6.31. The lowest BCUT2D eigenvalue weighted by Crippen LogP contribution is -2.50. The van der Waals surface area contributed by atoms with Gasteiger partial charge >= 0.3 is 0 Å². The number of rotatable bonds is 3. The molecule has 1 saturated heterocycles. The molecule has 1 amide bonds. The number of piperazine rings is 1. The molecule has 2 aromatic rings. The predicted octanol–water partition coefficient (Wildman–Crippen LogP) is 2.50. The Morgan fingerprint density at radius 3 is 2.42 bits per heavy atom. The molecule has 138 valence electrons. The van der Waals surface area contributed by atoms with Gasteiger partial charge in [0.1, 0.15) is 5.15 Å². The summed E-state index contributed by atoms with van der Waals surface area (Å²) in [6.07, 6.45) is 1.52. The Bertz CT molecular complexity index is 938. The lowest BCUT2D eigenvalue weighted by Gasteiger charge is -2.34. The van der Waals surface area contributed by atoms with E-state index in [0.717, 1.165) is 11.1 Å². The molecule has 26 heavy (non-hydrogen) atoms. The summed E-state index contributed by atoms with van der Waals surface area (Å²) in [5.74, 6) is -0.230. The minimum absolute atomic E-state index is 0.155. The third-order valence-electron chi connectivity index (χ3n) is 4.46. The minimum atomic E-state index is -3.57. The SMILES string of the molecule is Cc1ccc(S(=O)(=O)N2CCN(C(=O)c3cccnc3Cl)CC2)c(C)c1. The summed E-state index contributed by atoms with van der Waals surface area (Å²) in [4.78, 5) is 18.4. The molecule has 1 aliphatic rings. The number of carbonyl (C=O) groups is 1. The molecule has 0 atom stereocenters. The monoisotopic (exact) mass is 393 g/mol. The summed E-state index contributed by atoms with van der Waals surface area (Å²) in [6, 6.07) is 8.57. The Balaban J connectivity index is 1.74. The maximum absolute atomic E-state index is 12.9. The average molecular weight is 394 g/mol. The van der Waals surface area contributed by atoms with Crippen molar-refractivity contribution < 1.29 is 13.2 Å². The van der Waals surface area contributed by atoms with E-state index in [1.165, 1.54) is 10.5 Å². The fraction of sp³-hybridized carbons (Fsp3) is 0.333. The van der Waals surface area contributed by atoms with Crippen molar-refractivity contribution in [1.29, 1.82) is 0 Å². The number of amides is 1. The summed E-state index contributed by atoms with van der Waals surface area (Å²) in [5.41, 5.74) is 2.08. The number of aromatic nitrogens is 1. The first kappa shape index (κ1) is 18.8. The van der Waals surface area contributed by atoms with E-state index in [4.69, 9.17) is 11.6 Å². The van der Waals surface area contributed by atoms with Crippen molar-refractivity contribution in [1.82, 2.24) is 14.2 Å². The Morgan fingerprint density at radius 1 is 1.12 bits per heavy atom. The quantitative estimate of drug-likeness (QED) is 0.751. The average Bonchev–Trinajstić information content (AvgIpc) is 2.61. The lowest BCUT2D eigenvalue weighted by molar-refractivity contribution is 0.0697. The van der Waals surface area contributed by atoms with Gasteiger partial charge in [-0.1, -0.05) is 29.3 Å². The second kappa shape index (κ2) is 7.34. The first-order valence-electron chi connectivity index (χ1n) is 8.28. The zero-order chi connectivity index (χ0) is 18.9. The summed E-state index contributed by atoms with van der Waals surface area (Å²) in [5, 5.41) is 0.155. The second-order valence-corrected chi connectivity index (χ2v) is 8.57. The number of hydrogen-bond donors (Lipinski definition) is 0. The van der Waals surface area contributed by atoms with Gasteiger partial charge in [-0.25, -0.2) is 13.4 Å². The van der Waals surface area contributed by atoms with Gasteiger partial charge in [0.2, 0.25) is 10.0 Å². The molecule has 6 nitrogen and oxygen atoms in total. The van der Waals surface area contributed by atoms with Gasteiger partial charge in [0.15, 0.2) is 0 Å². The number of benzene rings is 1. The number of aryl methyl sites for hydroxylation is 2. The van der Waals surface area contributed by atoms with E-state index in [1.807, 2.05) is 13.0 Å². The molecular formula is C18H20ClN3O3S. The Labute approximate surface area is 158 Å². The third-order valence-corrected chi connectivity index (χ3v) is 6.82. The fourth-order valence-electron chi connectivity index (χ4n) is 3.08. The van der Waals surface area contributed by atoms with Crippen LogP contribution in [-0.4, -0.2) is 54.7 Å². The van der Waals surface area contributed by atoms with Gasteiger partial charge in [-0.2, -0.15) is 4.31 Å². The minimum Gasteiger partial charge on any atom is -0.336 e. The molecule has 0 spiro atoms. The summed E-state index contributed by atoms with van der Waals surface area (Å²) < 4.78 is 27.3. The fourth-order valence-corrected chi connectivity index (χ4v) is 4.90. The zero-order valence-corrected chi connectivity index (χ0v) is 16.2. The van der Waals surface area contributed by atoms with Crippen molar-refractivity contribution >= 4 is 27.5 Å². The topological polar surface area (TPSA) is 70.6 Å². The first-order valence-corrected chi connectivity index (χ1v) is 10.1. The van der Waals surface area contributed by atoms with E-state index in [9.17, 15) is 13.2 Å². The van der Waals surface area contributed by atoms with Crippen molar-refractivity contribution in [3.8, 4) is 0 Å². The molecule has 1 fully saturated rings. The van der Waals surface area contributed by atoms with Crippen LogP contribution in [0.15, 0.2) is 41.4 Å². The highest BCUT2D eigenvalue weighted by molar-refractivity contribution is 7.89. The largest absolute Gasteiger partial charge is 0.336 e. The van der Waals surface area contributed by atoms with Gasteiger partial charge < -0.3 is 4.90 Å². The standard InChI is InChI=1S/C18H20ClN3O3S/c1-13-5-6-16(14(2)12-13)26(24,25)22-10-8-21(9-11-22)18(23)15-4-3-7-20-17(15)19/h3-7,12H,8-11H2,1-2H3. The van der Waals surface area contributed by atoms with Crippen molar-refractivity contribution in [2.45, 2.75) is 18.7 Å². The third kappa shape index (κ3) is 3.60. The number of nitrogens with zero attached hydrogens (tertiary/aromatic N) is 3. The molecule has 0 bridgehead atoms. The van der Waals surface area contributed by atoms with Crippen molar-refractivity contribution in [3.05, 3.63) is 58.4 Å². The van der Waals surface area contributed by atoms with Crippen LogP contribution < -0.4 is 0 Å². The van der Waals surface area contributed by atoms with E-state index in [2.05, 4.69) is 4.98 Å². The van der Waals surface area contributed by atoms with E-state index < -0.39 is 10.0 Å². The van der Waals surface area contributed by atoms with Crippen LogP contribution >= 0.6 is 11.6 Å². The Kier molecular flexibility index (Phi) is 5.32. The number of pyridine rings is 1. The maximum Gasteiger partial charge on any atom is 0.257 e. The molecule has 0 radical (unpaired) electrons. The molecule has 0 saturated carbocycles. The first-order chi connectivity index (χ1) is 12.3. The lowest BCUT2D eigenvalue weighted by atomic mass is 10.2. The number of carbonyl (C=O) groups excluding carboxylic acids is 1. The van der Waals surface area contributed by atoms with E-state index in [0.29, 0.717) is 23.5 Å². The summed E-state index contributed by atoms with van der Waals surface area (Å²) in [7, 11) is -3.57. The van der Waals surface area contributed by atoms with Crippen molar-refractivity contribution in [2.24, 2.45) is 0 Å². The van der Waals surface area contributed by atoms with Gasteiger partial charge in [-0.05, 0) is 37.6 Å². The summed E-state index contributed by atoms with van der Waals surface area (Å²) >= 11 is 5.98.